The summed E-state index contributed by atoms with van der Waals surface area (Å²) >= 11 is 0. The summed E-state index contributed by atoms with van der Waals surface area (Å²) in [6.07, 6.45) is 1.95. The summed E-state index contributed by atoms with van der Waals surface area (Å²) in [5.74, 6) is 1.87. The van der Waals surface area contributed by atoms with Crippen molar-refractivity contribution in [2.24, 2.45) is 0 Å². The van der Waals surface area contributed by atoms with Crippen LogP contribution in [0.2, 0.25) is 0 Å². The normalized spacial score (nSPS) is 12.5. The van der Waals surface area contributed by atoms with Gasteiger partial charge < -0.3 is 9.88 Å². The SMILES string of the molecule is CCn1c(C)nnc1CNC(C)c1cn(-c2ccccc2)nn1. The Morgan fingerprint density at radius 2 is 1.91 bits per heavy atom. The van der Waals surface area contributed by atoms with Crippen LogP contribution in [0.4, 0.5) is 0 Å². The van der Waals surface area contributed by atoms with Gasteiger partial charge in [0.05, 0.1) is 30.2 Å². The van der Waals surface area contributed by atoms with Gasteiger partial charge in [-0.3, -0.25) is 0 Å². The van der Waals surface area contributed by atoms with Crippen molar-refractivity contribution in [1.29, 1.82) is 0 Å². The van der Waals surface area contributed by atoms with Gasteiger partial charge in [0.1, 0.15) is 11.6 Å². The number of benzene rings is 1. The Morgan fingerprint density at radius 1 is 1.13 bits per heavy atom. The third-order valence-corrected chi connectivity index (χ3v) is 3.87. The van der Waals surface area contributed by atoms with Gasteiger partial charge in [0, 0.05) is 6.54 Å². The molecule has 0 saturated carbocycles. The Labute approximate surface area is 135 Å². The van der Waals surface area contributed by atoms with Crippen LogP contribution in [-0.4, -0.2) is 29.8 Å². The average Bonchev–Trinajstić information content (AvgIpc) is 3.20. The van der Waals surface area contributed by atoms with Crippen LogP contribution in [0.3, 0.4) is 0 Å². The molecule has 1 N–H and O–H groups in total. The first-order valence-electron chi connectivity index (χ1n) is 7.78. The van der Waals surface area contributed by atoms with Gasteiger partial charge in [0.25, 0.3) is 0 Å². The van der Waals surface area contributed by atoms with Crippen LogP contribution in [0, 0.1) is 6.92 Å². The van der Waals surface area contributed by atoms with Crippen LogP contribution >= 0.6 is 0 Å². The largest absolute Gasteiger partial charge is 0.314 e. The minimum atomic E-state index is 0.0785. The van der Waals surface area contributed by atoms with E-state index in [4.69, 9.17) is 0 Å². The van der Waals surface area contributed by atoms with Gasteiger partial charge in [-0.1, -0.05) is 23.4 Å². The Balaban J connectivity index is 1.67. The third kappa shape index (κ3) is 3.29. The number of aromatic nitrogens is 6. The topological polar surface area (TPSA) is 73.5 Å². The first kappa shape index (κ1) is 15.4. The number of nitrogens with one attached hydrogen (secondary N) is 1. The van der Waals surface area contributed by atoms with Gasteiger partial charge in [-0.15, -0.1) is 15.3 Å². The molecule has 0 aliphatic carbocycles. The highest BCUT2D eigenvalue weighted by Crippen LogP contribution is 2.12. The Morgan fingerprint density at radius 3 is 2.65 bits per heavy atom. The smallest absolute Gasteiger partial charge is 0.147 e. The molecular weight excluding hydrogens is 290 g/mol. The molecule has 0 fully saturated rings. The van der Waals surface area contributed by atoms with Crippen molar-refractivity contribution in [2.75, 3.05) is 0 Å². The lowest BCUT2D eigenvalue weighted by Gasteiger charge is -2.11. The van der Waals surface area contributed by atoms with Crippen molar-refractivity contribution in [3.63, 3.8) is 0 Å². The Hall–Kier alpha value is -2.54. The van der Waals surface area contributed by atoms with E-state index < -0.39 is 0 Å². The van der Waals surface area contributed by atoms with Crippen molar-refractivity contribution in [3.05, 3.63) is 53.9 Å². The van der Waals surface area contributed by atoms with E-state index in [9.17, 15) is 0 Å². The third-order valence-electron chi connectivity index (χ3n) is 3.87. The molecule has 1 unspecified atom stereocenters. The van der Waals surface area contributed by atoms with E-state index in [1.807, 2.05) is 43.5 Å². The minimum Gasteiger partial charge on any atom is -0.314 e. The Kier molecular flexibility index (Phi) is 4.47. The fourth-order valence-electron chi connectivity index (χ4n) is 2.50. The lowest BCUT2D eigenvalue weighted by atomic mass is 10.2. The molecule has 0 radical (unpaired) electrons. The minimum absolute atomic E-state index is 0.0785. The molecule has 1 atom stereocenters. The number of para-hydroxylation sites is 1. The predicted molar refractivity (Wildman–Crippen MR) is 87.0 cm³/mol. The quantitative estimate of drug-likeness (QED) is 0.754. The lowest BCUT2D eigenvalue weighted by Crippen LogP contribution is -2.21. The highest BCUT2D eigenvalue weighted by atomic mass is 15.4. The van der Waals surface area contributed by atoms with Crippen molar-refractivity contribution < 1.29 is 0 Å². The zero-order chi connectivity index (χ0) is 16.2. The number of rotatable bonds is 6. The highest BCUT2D eigenvalue weighted by molar-refractivity contribution is 5.30. The van der Waals surface area contributed by atoms with Crippen LogP contribution in [-0.2, 0) is 13.1 Å². The number of hydrogen-bond donors (Lipinski definition) is 1. The van der Waals surface area contributed by atoms with Crippen molar-refractivity contribution in [2.45, 2.75) is 39.9 Å². The Bertz CT molecular complexity index is 760. The number of nitrogens with zero attached hydrogens (tertiary/aromatic N) is 6. The summed E-state index contributed by atoms with van der Waals surface area (Å²) in [6.45, 7) is 7.64. The van der Waals surface area contributed by atoms with E-state index in [-0.39, 0.29) is 6.04 Å². The zero-order valence-corrected chi connectivity index (χ0v) is 13.6. The maximum atomic E-state index is 4.26. The molecule has 3 rings (SSSR count). The van der Waals surface area contributed by atoms with Crippen molar-refractivity contribution >= 4 is 0 Å². The number of hydrogen-bond acceptors (Lipinski definition) is 5. The maximum absolute atomic E-state index is 4.26. The molecule has 0 amide bonds. The molecular formula is C16H21N7. The summed E-state index contributed by atoms with van der Waals surface area (Å²) in [6, 6.07) is 10.0. The van der Waals surface area contributed by atoms with E-state index in [0.717, 1.165) is 29.6 Å². The molecule has 2 heterocycles. The highest BCUT2D eigenvalue weighted by Gasteiger charge is 2.13. The van der Waals surface area contributed by atoms with Gasteiger partial charge in [-0.25, -0.2) is 4.68 Å². The summed E-state index contributed by atoms with van der Waals surface area (Å²) in [5.41, 5.74) is 1.90. The molecule has 0 saturated heterocycles. The molecule has 0 aliphatic heterocycles. The van der Waals surface area contributed by atoms with Crippen LogP contribution in [0.1, 0.15) is 37.2 Å². The van der Waals surface area contributed by atoms with Crippen LogP contribution in [0.15, 0.2) is 36.5 Å². The fraction of sp³-hybridized carbons (Fsp3) is 0.375. The summed E-state index contributed by atoms with van der Waals surface area (Å²) in [4.78, 5) is 0. The van der Waals surface area contributed by atoms with Crippen LogP contribution in [0.5, 0.6) is 0 Å². The molecule has 23 heavy (non-hydrogen) atoms. The van der Waals surface area contributed by atoms with Gasteiger partial charge in [0.15, 0.2) is 0 Å². The fourth-order valence-corrected chi connectivity index (χ4v) is 2.50. The molecule has 7 nitrogen and oxygen atoms in total. The molecule has 2 aromatic heterocycles. The van der Waals surface area contributed by atoms with Crippen LogP contribution in [0.25, 0.3) is 5.69 Å². The van der Waals surface area contributed by atoms with Gasteiger partial charge in [-0.2, -0.15) is 0 Å². The van der Waals surface area contributed by atoms with E-state index in [1.54, 1.807) is 4.68 Å². The van der Waals surface area contributed by atoms with Gasteiger partial charge in [0.2, 0.25) is 0 Å². The van der Waals surface area contributed by atoms with Crippen LogP contribution < -0.4 is 5.32 Å². The maximum Gasteiger partial charge on any atom is 0.147 e. The first-order valence-corrected chi connectivity index (χ1v) is 7.78. The molecule has 0 spiro atoms. The van der Waals surface area contributed by atoms with E-state index in [2.05, 4.69) is 44.2 Å². The second kappa shape index (κ2) is 6.70. The monoisotopic (exact) mass is 311 g/mol. The van der Waals surface area contributed by atoms with E-state index in [0.29, 0.717) is 6.54 Å². The summed E-state index contributed by atoms with van der Waals surface area (Å²) in [5, 5.41) is 20.2. The summed E-state index contributed by atoms with van der Waals surface area (Å²) in [7, 11) is 0. The average molecular weight is 311 g/mol. The van der Waals surface area contributed by atoms with Crippen molar-refractivity contribution in [3.8, 4) is 5.69 Å². The van der Waals surface area contributed by atoms with E-state index in [1.165, 1.54) is 0 Å². The van der Waals surface area contributed by atoms with E-state index >= 15 is 0 Å². The number of aryl methyl sites for hydroxylation is 1. The second-order valence-corrected chi connectivity index (χ2v) is 5.43. The van der Waals surface area contributed by atoms with Gasteiger partial charge >= 0.3 is 0 Å². The molecule has 7 heteroatoms. The van der Waals surface area contributed by atoms with Gasteiger partial charge in [-0.05, 0) is 32.9 Å². The first-order chi connectivity index (χ1) is 11.2. The van der Waals surface area contributed by atoms with Crippen molar-refractivity contribution in [1.82, 2.24) is 35.1 Å². The summed E-state index contributed by atoms with van der Waals surface area (Å²) < 4.78 is 3.88. The second-order valence-electron chi connectivity index (χ2n) is 5.43. The molecule has 120 valence electrons. The molecule has 0 aliphatic rings. The lowest BCUT2D eigenvalue weighted by molar-refractivity contribution is 0.527. The standard InChI is InChI=1S/C16H21N7/c1-4-22-13(3)18-20-16(22)10-17-12(2)15-11-23(21-19-15)14-8-6-5-7-9-14/h5-9,11-12,17H,4,10H2,1-3H3. The predicted octanol–water partition coefficient (Wildman–Crippen LogP) is 2.04. The molecule has 3 aromatic rings. The zero-order valence-electron chi connectivity index (χ0n) is 13.6. The molecule has 0 bridgehead atoms. The molecule has 1 aromatic carbocycles.